The van der Waals surface area contributed by atoms with E-state index in [1.54, 1.807) is 17.0 Å². The van der Waals surface area contributed by atoms with Crippen molar-refractivity contribution in [3.63, 3.8) is 0 Å². The molecular weight excluding hydrogens is 252 g/mol. The molecule has 1 aliphatic heterocycles. The lowest BCUT2D eigenvalue weighted by atomic mass is 10.0. The third-order valence-corrected chi connectivity index (χ3v) is 3.39. The Morgan fingerprint density at radius 2 is 1.85 bits per heavy atom. The fraction of sp³-hybridized carbons (Fsp3) is 0.125. The van der Waals surface area contributed by atoms with Gasteiger partial charge in [-0.1, -0.05) is 36.4 Å². The van der Waals surface area contributed by atoms with Gasteiger partial charge in [0.05, 0.1) is 0 Å². The zero-order valence-corrected chi connectivity index (χ0v) is 10.9. The summed E-state index contributed by atoms with van der Waals surface area (Å²) < 4.78 is 0. The molecule has 0 radical (unpaired) electrons. The molecule has 0 aromatic heterocycles. The second kappa shape index (κ2) is 5.17. The van der Waals surface area contributed by atoms with Gasteiger partial charge in [0.15, 0.2) is 0 Å². The molecular formula is C16H14N2O2. The molecule has 20 heavy (non-hydrogen) atoms. The Morgan fingerprint density at radius 1 is 1.05 bits per heavy atom. The Morgan fingerprint density at radius 3 is 2.50 bits per heavy atom. The number of anilines is 1. The van der Waals surface area contributed by atoms with Crippen LogP contribution >= 0.6 is 0 Å². The minimum Gasteiger partial charge on any atom is -0.336 e. The van der Waals surface area contributed by atoms with E-state index in [2.05, 4.69) is 5.32 Å². The van der Waals surface area contributed by atoms with Crippen molar-refractivity contribution in [1.82, 2.24) is 5.32 Å². The van der Waals surface area contributed by atoms with Crippen molar-refractivity contribution in [1.29, 1.82) is 0 Å². The van der Waals surface area contributed by atoms with Crippen LogP contribution in [0.1, 0.15) is 10.4 Å². The molecule has 0 atom stereocenters. The van der Waals surface area contributed by atoms with Crippen LogP contribution in [0.3, 0.4) is 0 Å². The average molecular weight is 266 g/mol. The standard InChI is InChI=1S/C16H14N2O2/c19-11-12-4-6-13(7-5-12)14-2-1-3-15(10-14)18-9-8-17-16(18)20/h1-7,10-11H,8-9H2,(H,17,20). The second-order valence-corrected chi connectivity index (χ2v) is 4.67. The van der Waals surface area contributed by atoms with E-state index in [0.29, 0.717) is 18.7 Å². The Labute approximate surface area is 117 Å². The van der Waals surface area contributed by atoms with Crippen molar-refractivity contribution in [2.45, 2.75) is 0 Å². The molecule has 1 aliphatic rings. The normalized spacial score (nSPS) is 14.2. The van der Waals surface area contributed by atoms with Crippen LogP contribution in [0.2, 0.25) is 0 Å². The third-order valence-electron chi connectivity index (χ3n) is 3.39. The molecule has 0 bridgehead atoms. The van der Waals surface area contributed by atoms with Crippen LogP contribution in [0.5, 0.6) is 0 Å². The fourth-order valence-electron chi connectivity index (χ4n) is 2.33. The van der Waals surface area contributed by atoms with Crippen molar-refractivity contribution < 1.29 is 9.59 Å². The molecule has 2 amide bonds. The van der Waals surface area contributed by atoms with Crippen LogP contribution in [-0.4, -0.2) is 25.4 Å². The topological polar surface area (TPSA) is 49.4 Å². The number of amides is 2. The largest absolute Gasteiger partial charge is 0.336 e. The molecule has 4 nitrogen and oxygen atoms in total. The first kappa shape index (κ1) is 12.4. The lowest BCUT2D eigenvalue weighted by Crippen LogP contribution is -2.27. The monoisotopic (exact) mass is 266 g/mol. The first-order chi connectivity index (χ1) is 9.78. The van der Waals surface area contributed by atoms with Gasteiger partial charge in [-0.2, -0.15) is 0 Å². The molecule has 1 N–H and O–H groups in total. The summed E-state index contributed by atoms with van der Waals surface area (Å²) in [5, 5.41) is 2.79. The van der Waals surface area contributed by atoms with Gasteiger partial charge in [0, 0.05) is 24.3 Å². The second-order valence-electron chi connectivity index (χ2n) is 4.67. The smallest absolute Gasteiger partial charge is 0.321 e. The number of urea groups is 1. The van der Waals surface area contributed by atoms with Crippen molar-refractivity contribution in [3.8, 4) is 11.1 Å². The maximum atomic E-state index is 11.7. The van der Waals surface area contributed by atoms with Gasteiger partial charge in [0.25, 0.3) is 0 Å². The van der Waals surface area contributed by atoms with Gasteiger partial charge in [-0.25, -0.2) is 4.79 Å². The van der Waals surface area contributed by atoms with E-state index in [9.17, 15) is 9.59 Å². The van der Waals surface area contributed by atoms with E-state index in [0.717, 1.165) is 23.1 Å². The van der Waals surface area contributed by atoms with Gasteiger partial charge in [0.1, 0.15) is 6.29 Å². The summed E-state index contributed by atoms with van der Waals surface area (Å²) in [6.07, 6.45) is 0.828. The highest BCUT2D eigenvalue weighted by molar-refractivity contribution is 5.94. The highest BCUT2D eigenvalue weighted by Gasteiger charge is 2.21. The molecule has 2 aromatic carbocycles. The number of nitrogens with zero attached hydrogens (tertiary/aromatic N) is 1. The molecule has 1 heterocycles. The van der Waals surface area contributed by atoms with E-state index in [-0.39, 0.29) is 6.03 Å². The van der Waals surface area contributed by atoms with E-state index in [1.165, 1.54) is 0 Å². The Hall–Kier alpha value is -2.62. The van der Waals surface area contributed by atoms with E-state index >= 15 is 0 Å². The fourth-order valence-corrected chi connectivity index (χ4v) is 2.33. The van der Waals surface area contributed by atoms with Crippen LogP contribution in [-0.2, 0) is 0 Å². The predicted molar refractivity (Wildman–Crippen MR) is 78.0 cm³/mol. The predicted octanol–water partition coefficient (Wildman–Crippen LogP) is 2.70. The SMILES string of the molecule is O=Cc1ccc(-c2cccc(N3CCNC3=O)c2)cc1. The molecule has 1 saturated heterocycles. The lowest BCUT2D eigenvalue weighted by Gasteiger charge is -2.15. The molecule has 0 aliphatic carbocycles. The summed E-state index contributed by atoms with van der Waals surface area (Å²) in [6, 6.07) is 15.2. The maximum Gasteiger partial charge on any atom is 0.321 e. The molecule has 100 valence electrons. The van der Waals surface area contributed by atoms with Crippen LogP contribution in [0.25, 0.3) is 11.1 Å². The zero-order chi connectivity index (χ0) is 13.9. The number of hydrogen-bond donors (Lipinski definition) is 1. The summed E-state index contributed by atoms with van der Waals surface area (Å²) in [5.41, 5.74) is 3.59. The van der Waals surface area contributed by atoms with Crippen molar-refractivity contribution in [2.75, 3.05) is 18.0 Å². The number of nitrogens with one attached hydrogen (secondary N) is 1. The van der Waals surface area contributed by atoms with Gasteiger partial charge < -0.3 is 5.32 Å². The first-order valence-electron chi connectivity index (χ1n) is 6.49. The Balaban J connectivity index is 1.93. The van der Waals surface area contributed by atoms with Gasteiger partial charge >= 0.3 is 6.03 Å². The Kier molecular flexibility index (Phi) is 3.21. The van der Waals surface area contributed by atoms with Crippen molar-refractivity contribution in [3.05, 3.63) is 54.1 Å². The minimum absolute atomic E-state index is 0.0570. The summed E-state index contributed by atoms with van der Waals surface area (Å²) in [5.74, 6) is 0. The summed E-state index contributed by atoms with van der Waals surface area (Å²) in [4.78, 5) is 24.1. The molecule has 1 fully saturated rings. The van der Waals surface area contributed by atoms with Crippen molar-refractivity contribution in [2.24, 2.45) is 0 Å². The zero-order valence-electron chi connectivity index (χ0n) is 10.9. The number of carbonyl (C=O) groups is 2. The molecule has 3 rings (SSSR count). The molecule has 4 heteroatoms. The van der Waals surface area contributed by atoms with Crippen LogP contribution < -0.4 is 10.2 Å². The van der Waals surface area contributed by atoms with E-state index in [4.69, 9.17) is 0 Å². The van der Waals surface area contributed by atoms with Gasteiger partial charge in [0.2, 0.25) is 0 Å². The lowest BCUT2D eigenvalue weighted by molar-refractivity contribution is 0.112. The van der Waals surface area contributed by atoms with Gasteiger partial charge in [-0.3, -0.25) is 9.69 Å². The van der Waals surface area contributed by atoms with Crippen LogP contribution in [0.15, 0.2) is 48.5 Å². The molecule has 0 spiro atoms. The van der Waals surface area contributed by atoms with Crippen LogP contribution in [0.4, 0.5) is 10.5 Å². The number of carbonyl (C=O) groups excluding carboxylic acids is 2. The quantitative estimate of drug-likeness (QED) is 0.868. The van der Waals surface area contributed by atoms with Crippen LogP contribution in [0, 0.1) is 0 Å². The maximum absolute atomic E-state index is 11.7. The highest BCUT2D eigenvalue weighted by Crippen LogP contribution is 2.25. The highest BCUT2D eigenvalue weighted by atomic mass is 16.2. The van der Waals surface area contributed by atoms with E-state index < -0.39 is 0 Å². The Bertz CT molecular complexity index is 650. The number of hydrogen-bond acceptors (Lipinski definition) is 2. The third kappa shape index (κ3) is 2.28. The minimum atomic E-state index is -0.0570. The summed E-state index contributed by atoms with van der Waals surface area (Å²) in [7, 11) is 0. The number of rotatable bonds is 3. The first-order valence-corrected chi connectivity index (χ1v) is 6.49. The number of aldehydes is 1. The molecule has 2 aromatic rings. The van der Waals surface area contributed by atoms with Gasteiger partial charge in [-0.15, -0.1) is 0 Å². The van der Waals surface area contributed by atoms with Crippen molar-refractivity contribution >= 4 is 18.0 Å². The van der Waals surface area contributed by atoms with E-state index in [1.807, 2.05) is 36.4 Å². The number of benzene rings is 2. The van der Waals surface area contributed by atoms with Gasteiger partial charge in [-0.05, 0) is 23.3 Å². The summed E-state index contributed by atoms with van der Waals surface area (Å²) in [6.45, 7) is 1.36. The average Bonchev–Trinajstić information content (AvgIpc) is 2.94. The summed E-state index contributed by atoms with van der Waals surface area (Å²) >= 11 is 0. The molecule has 0 unspecified atom stereocenters. The molecule has 0 saturated carbocycles.